The lowest BCUT2D eigenvalue weighted by atomic mass is 10.3. The summed E-state index contributed by atoms with van der Waals surface area (Å²) < 4.78 is 13.7. The Labute approximate surface area is 106 Å². The van der Waals surface area contributed by atoms with Crippen molar-refractivity contribution in [1.29, 1.82) is 0 Å². The first-order valence-corrected chi connectivity index (χ1v) is 5.77. The highest BCUT2D eigenvalue weighted by atomic mass is 127. The van der Waals surface area contributed by atoms with Crippen LogP contribution in [0.4, 0.5) is 10.1 Å². The molecule has 0 unspecified atom stereocenters. The van der Waals surface area contributed by atoms with Gasteiger partial charge in [0.15, 0.2) is 0 Å². The number of anilines is 1. The first kappa shape index (κ1) is 11.3. The third-order valence-corrected chi connectivity index (χ3v) is 2.93. The van der Waals surface area contributed by atoms with E-state index >= 15 is 0 Å². The van der Waals surface area contributed by atoms with Crippen molar-refractivity contribution in [2.75, 3.05) is 5.32 Å². The van der Waals surface area contributed by atoms with E-state index in [-0.39, 0.29) is 5.82 Å². The lowest BCUT2D eigenvalue weighted by molar-refractivity contribution is 0.627. The molecule has 0 atom stereocenters. The number of nitrogens with one attached hydrogen (secondary N) is 1. The first-order chi connectivity index (χ1) is 7.75. The lowest BCUT2D eigenvalue weighted by Crippen LogP contribution is -2.03. The maximum Gasteiger partial charge on any atom is 0.124 e. The fourth-order valence-electron chi connectivity index (χ4n) is 1.24. The van der Waals surface area contributed by atoms with E-state index in [1.54, 1.807) is 12.3 Å². The van der Waals surface area contributed by atoms with E-state index in [1.807, 2.05) is 6.07 Å². The Balaban J connectivity index is 2.05. The third kappa shape index (κ3) is 2.88. The van der Waals surface area contributed by atoms with Gasteiger partial charge in [-0.25, -0.2) is 14.4 Å². The fraction of sp³-hybridized carbons (Fsp3) is 0.0909. The van der Waals surface area contributed by atoms with Crippen molar-refractivity contribution in [1.82, 2.24) is 9.97 Å². The van der Waals surface area contributed by atoms with Gasteiger partial charge >= 0.3 is 0 Å². The van der Waals surface area contributed by atoms with E-state index in [4.69, 9.17) is 0 Å². The predicted octanol–water partition coefficient (Wildman–Crippen LogP) is 2.83. The van der Waals surface area contributed by atoms with Crippen LogP contribution in [0.25, 0.3) is 0 Å². The Morgan fingerprint density at radius 3 is 2.88 bits per heavy atom. The van der Waals surface area contributed by atoms with E-state index < -0.39 is 0 Å². The number of nitrogens with zero attached hydrogens (tertiary/aromatic N) is 2. The molecule has 0 aliphatic heterocycles. The van der Waals surface area contributed by atoms with E-state index in [0.29, 0.717) is 6.54 Å². The number of benzene rings is 1. The largest absolute Gasteiger partial charge is 0.379 e. The molecule has 82 valence electrons. The van der Waals surface area contributed by atoms with Gasteiger partial charge in [-0.1, -0.05) is 0 Å². The minimum Gasteiger partial charge on any atom is -0.379 e. The average Bonchev–Trinajstić information content (AvgIpc) is 2.29. The average molecular weight is 329 g/mol. The highest BCUT2D eigenvalue weighted by Crippen LogP contribution is 2.19. The highest BCUT2D eigenvalue weighted by Gasteiger charge is 2.01. The van der Waals surface area contributed by atoms with Crippen LogP contribution in [-0.4, -0.2) is 9.97 Å². The van der Waals surface area contributed by atoms with Crippen LogP contribution in [0.3, 0.4) is 0 Å². The van der Waals surface area contributed by atoms with E-state index in [2.05, 4.69) is 37.9 Å². The van der Waals surface area contributed by atoms with Crippen LogP contribution in [0.2, 0.25) is 0 Å². The van der Waals surface area contributed by atoms with Gasteiger partial charge in [0.1, 0.15) is 12.1 Å². The van der Waals surface area contributed by atoms with Gasteiger partial charge in [0.05, 0.1) is 12.2 Å². The molecule has 0 aliphatic carbocycles. The quantitative estimate of drug-likeness (QED) is 0.880. The standard InChI is InChI=1S/C11H9FIN3/c12-8-1-2-11(10(13)5-8)15-6-9-3-4-14-7-16-9/h1-5,7,15H,6H2. The molecule has 3 nitrogen and oxygen atoms in total. The van der Waals surface area contributed by atoms with Crippen molar-refractivity contribution < 1.29 is 4.39 Å². The van der Waals surface area contributed by atoms with Gasteiger partial charge in [-0.15, -0.1) is 0 Å². The Morgan fingerprint density at radius 1 is 1.31 bits per heavy atom. The molecule has 16 heavy (non-hydrogen) atoms. The lowest BCUT2D eigenvalue weighted by Gasteiger charge is -2.07. The molecule has 0 radical (unpaired) electrons. The van der Waals surface area contributed by atoms with Crippen LogP contribution in [-0.2, 0) is 6.54 Å². The summed E-state index contributed by atoms with van der Waals surface area (Å²) in [5.74, 6) is -0.225. The SMILES string of the molecule is Fc1ccc(NCc2ccncn2)c(I)c1. The van der Waals surface area contributed by atoms with Gasteiger partial charge in [0, 0.05) is 15.5 Å². The fourth-order valence-corrected chi connectivity index (χ4v) is 1.91. The Hall–Kier alpha value is -1.24. The maximum atomic E-state index is 12.9. The first-order valence-electron chi connectivity index (χ1n) is 4.69. The molecule has 0 saturated heterocycles. The smallest absolute Gasteiger partial charge is 0.124 e. The van der Waals surface area contributed by atoms with Crippen LogP contribution in [0, 0.1) is 9.39 Å². The van der Waals surface area contributed by atoms with Gasteiger partial charge in [0.25, 0.3) is 0 Å². The van der Waals surface area contributed by atoms with Crippen LogP contribution in [0.1, 0.15) is 5.69 Å². The maximum absolute atomic E-state index is 12.9. The second kappa shape index (κ2) is 5.20. The predicted molar refractivity (Wildman–Crippen MR) is 68.5 cm³/mol. The molecule has 1 heterocycles. The van der Waals surface area contributed by atoms with Crippen LogP contribution in [0.15, 0.2) is 36.8 Å². The zero-order chi connectivity index (χ0) is 11.4. The number of rotatable bonds is 3. The van der Waals surface area contributed by atoms with Crippen LogP contribution in [0.5, 0.6) is 0 Å². The molecular weight excluding hydrogens is 320 g/mol. The summed E-state index contributed by atoms with van der Waals surface area (Å²) in [4.78, 5) is 7.93. The summed E-state index contributed by atoms with van der Waals surface area (Å²) in [5, 5.41) is 3.19. The van der Waals surface area contributed by atoms with Crippen molar-refractivity contribution in [2.24, 2.45) is 0 Å². The molecular formula is C11H9FIN3. The molecule has 1 aromatic heterocycles. The number of hydrogen-bond acceptors (Lipinski definition) is 3. The molecule has 0 fully saturated rings. The van der Waals surface area contributed by atoms with Crippen molar-refractivity contribution in [3.8, 4) is 0 Å². The molecule has 1 N–H and O–H groups in total. The second-order valence-electron chi connectivity index (χ2n) is 3.18. The van der Waals surface area contributed by atoms with Gasteiger partial charge in [-0.05, 0) is 46.9 Å². The molecule has 2 rings (SSSR count). The Bertz CT molecular complexity index is 476. The summed E-state index contributed by atoms with van der Waals surface area (Å²) in [6.45, 7) is 0.601. The molecule has 5 heteroatoms. The van der Waals surface area contributed by atoms with Crippen molar-refractivity contribution in [3.05, 3.63) is 51.9 Å². The van der Waals surface area contributed by atoms with Gasteiger partial charge < -0.3 is 5.32 Å². The van der Waals surface area contributed by atoms with Crippen molar-refractivity contribution >= 4 is 28.3 Å². The summed E-state index contributed by atoms with van der Waals surface area (Å²) in [7, 11) is 0. The minimum absolute atomic E-state index is 0.225. The molecule has 0 aliphatic rings. The van der Waals surface area contributed by atoms with Crippen molar-refractivity contribution in [3.63, 3.8) is 0 Å². The Kier molecular flexibility index (Phi) is 3.66. The molecule has 0 bridgehead atoms. The number of aromatic nitrogens is 2. The summed E-state index contributed by atoms with van der Waals surface area (Å²) in [5.41, 5.74) is 1.80. The summed E-state index contributed by atoms with van der Waals surface area (Å²) in [6, 6.07) is 6.48. The normalized spacial score (nSPS) is 10.1. The molecule has 0 spiro atoms. The monoisotopic (exact) mass is 329 g/mol. The molecule has 2 aromatic rings. The van der Waals surface area contributed by atoms with Gasteiger partial charge in [0.2, 0.25) is 0 Å². The number of hydrogen-bond donors (Lipinski definition) is 1. The topological polar surface area (TPSA) is 37.8 Å². The third-order valence-electron chi connectivity index (χ3n) is 2.03. The molecule has 0 amide bonds. The molecule has 1 aromatic carbocycles. The van der Waals surface area contributed by atoms with Crippen molar-refractivity contribution in [2.45, 2.75) is 6.54 Å². The Morgan fingerprint density at radius 2 is 2.19 bits per heavy atom. The zero-order valence-electron chi connectivity index (χ0n) is 8.32. The van der Waals surface area contributed by atoms with E-state index in [9.17, 15) is 4.39 Å². The molecule has 0 saturated carbocycles. The summed E-state index contributed by atoms with van der Waals surface area (Å²) in [6.07, 6.45) is 3.20. The van der Waals surface area contributed by atoms with E-state index in [0.717, 1.165) is 15.0 Å². The van der Waals surface area contributed by atoms with Gasteiger partial charge in [-0.3, -0.25) is 0 Å². The number of halogens is 2. The minimum atomic E-state index is -0.225. The highest BCUT2D eigenvalue weighted by molar-refractivity contribution is 14.1. The van der Waals surface area contributed by atoms with Gasteiger partial charge in [-0.2, -0.15) is 0 Å². The van der Waals surface area contributed by atoms with E-state index in [1.165, 1.54) is 18.5 Å². The summed E-state index contributed by atoms with van der Waals surface area (Å²) >= 11 is 2.09. The zero-order valence-corrected chi connectivity index (χ0v) is 10.5. The second-order valence-corrected chi connectivity index (χ2v) is 4.34. The van der Waals surface area contributed by atoms with Crippen LogP contribution >= 0.6 is 22.6 Å². The van der Waals surface area contributed by atoms with Crippen LogP contribution < -0.4 is 5.32 Å².